The average Bonchev–Trinajstić information content (AvgIpc) is 3.34. The molecule has 0 saturated heterocycles. The summed E-state index contributed by atoms with van der Waals surface area (Å²) in [5, 5.41) is 42.9. The number of oxazole rings is 1. The summed E-state index contributed by atoms with van der Waals surface area (Å²) in [5.74, 6) is -5.76. The van der Waals surface area contributed by atoms with Gasteiger partial charge in [0.1, 0.15) is 34.4 Å². The minimum absolute atomic E-state index is 0.0725. The largest absolute Gasteiger partial charge is 0.511 e. The van der Waals surface area contributed by atoms with Gasteiger partial charge in [-0.3, -0.25) is 29.8 Å². The van der Waals surface area contributed by atoms with Crippen LogP contribution in [-0.2, 0) is 6.42 Å². The third kappa shape index (κ3) is 5.20. The number of aryl methyl sites for hydroxylation is 2. The Kier molecular flexibility index (Phi) is 8.82. The second-order valence-corrected chi connectivity index (χ2v) is 8.82. The molecule has 0 amide bonds. The van der Waals surface area contributed by atoms with Crippen LogP contribution in [0.5, 0.6) is 5.75 Å². The molecule has 1 heterocycles. The van der Waals surface area contributed by atoms with Crippen LogP contribution >= 0.6 is 0 Å². The Morgan fingerprint density at radius 3 is 2.15 bits per heavy atom. The first kappa shape index (κ1) is 29.7. The Morgan fingerprint density at radius 1 is 0.925 bits per heavy atom. The van der Waals surface area contributed by atoms with Gasteiger partial charge in [0.15, 0.2) is 23.0 Å². The molecule has 2 atom stereocenters. The Balaban J connectivity index is 0.000000262. The number of fused-ring (bicyclic) bond motifs is 3. The summed E-state index contributed by atoms with van der Waals surface area (Å²) >= 11 is 0. The number of Topliss-reactive ketones (excluding diaryl/α,β-unsaturated/α-hetero) is 2. The first-order valence-corrected chi connectivity index (χ1v) is 12.7. The molecular weight excluding hydrogens is 522 g/mol. The maximum Gasteiger partial charge on any atom is 0.281 e. The Labute approximate surface area is 228 Å². The fourth-order valence-electron chi connectivity index (χ4n) is 4.72. The quantitative estimate of drug-likeness (QED) is 0.286. The fraction of sp³-hybridized carbons (Fsp3) is 0.321. The van der Waals surface area contributed by atoms with Crippen molar-refractivity contribution in [2.75, 3.05) is 0 Å². The maximum atomic E-state index is 12.9. The minimum Gasteiger partial charge on any atom is -0.511 e. The van der Waals surface area contributed by atoms with Crippen molar-refractivity contribution < 1.29 is 34.1 Å². The van der Waals surface area contributed by atoms with Gasteiger partial charge in [0.25, 0.3) is 11.4 Å². The molecule has 0 bridgehead atoms. The van der Waals surface area contributed by atoms with Gasteiger partial charge in [0, 0.05) is 18.1 Å². The monoisotopic (exact) mass is 551 g/mol. The van der Waals surface area contributed by atoms with Crippen LogP contribution in [0.15, 0.2) is 57.9 Å². The number of hydrogen-bond acceptors (Lipinski definition) is 10. The molecule has 5 rings (SSSR count). The topological polar surface area (TPSA) is 187 Å². The number of ketones is 2. The number of aromatic hydroxyl groups is 1. The van der Waals surface area contributed by atoms with Gasteiger partial charge >= 0.3 is 0 Å². The molecule has 2 aliphatic carbocycles. The second-order valence-electron chi connectivity index (χ2n) is 8.82. The van der Waals surface area contributed by atoms with E-state index in [-0.39, 0.29) is 12.0 Å². The van der Waals surface area contributed by atoms with Crippen molar-refractivity contribution in [1.29, 1.82) is 0 Å². The van der Waals surface area contributed by atoms with Crippen LogP contribution in [0.1, 0.15) is 66.3 Å². The number of rotatable bonds is 4. The molecule has 2 aromatic carbocycles. The van der Waals surface area contributed by atoms with Gasteiger partial charge in [0.05, 0.1) is 15.4 Å². The van der Waals surface area contributed by atoms with Crippen molar-refractivity contribution in [3.8, 4) is 5.75 Å². The highest BCUT2D eigenvalue weighted by atomic mass is 16.6. The summed E-state index contributed by atoms with van der Waals surface area (Å²) in [5.41, 5.74) is 0.602. The van der Waals surface area contributed by atoms with Gasteiger partial charge in [-0.25, -0.2) is 4.98 Å². The number of hydrogen-bond donors (Lipinski definition) is 2. The zero-order valence-electron chi connectivity index (χ0n) is 22.6. The van der Waals surface area contributed by atoms with E-state index >= 15 is 0 Å². The molecule has 2 aliphatic rings. The lowest BCUT2D eigenvalue weighted by Gasteiger charge is -2.31. The van der Waals surface area contributed by atoms with Crippen LogP contribution in [0.2, 0.25) is 0 Å². The lowest BCUT2D eigenvalue weighted by Crippen LogP contribution is -2.42. The van der Waals surface area contributed by atoms with E-state index in [4.69, 9.17) is 4.42 Å². The maximum absolute atomic E-state index is 12.9. The number of phenols is 1. The normalized spacial score (nSPS) is 17.6. The molecule has 0 fully saturated rings. The zero-order chi connectivity index (χ0) is 29.9. The Hall–Kier alpha value is -4.87. The third-order valence-electron chi connectivity index (χ3n) is 6.48. The molecule has 2 unspecified atom stereocenters. The van der Waals surface area contributed by atoms with E-state index in [0.29, 0.717) is 0 Å². The Morgan fingerprint density at radius 2 is 1.57 bits per heavy atom. The van der Waals surface area contributed by atoms with Gasteiger partial charge in [-0.05, 0) is 43.2 Å². The summed E-state index contributed by atoms with van der Waals surface area (Å²) < 4.78 is 5.46. The highest BCUT2D eigenvalue weighted by molar-refractivity contribution is 6.21. The van der Waals surface area contributed by atoms with Crippen molar-refractivity contribution in [3.05, 3.63) is 96.2 Å². The fourth-order valence-corrected chi connectivity index (χ4v) is 4.72. The molecule has 1 aromatic heterocycles. The average molecular weight is 552 g/mol. The summed E-state index contributed by atoms with van der Waals surface area (Å²) in [7, 11) is 0. The molecule has 0 spiro atoms. The molecule has 0 aliphatic heterocycles. The lowest BCUT2D eigenvalue weighted by atomic mass is 9.68. The first-order valence-electron chi connectivity index (χ1n) is 12.7. The lowest BCUT2D eigenvalue weighted by molar-refractivity contribution is -0.434. The van der Waals surface area contributed by atoms with E-state index in [9.17, 15) is 40.0 Å². The summed E-state index contributed by atoms with van der Waals surface area (Å²) in [6.45, 7) is 9.67. The minimum atomic E-state index is -1.65. The van der Waals surface area contributed by atoms with E-state index in [1.807, 2.05) is 39.0 Å². The zero-order valence-corrected chi connectivity index (χ0v) is 22.6. The Bertz CT molecular complexity index is 1580. The summed E-state index contributed by atoms with van der Waals surface area (Å²) in [6.07, 6.45) is 2.02. The highest BCUT2D eigenvalue weighted by Crippen LogP contribution is 2.47. The van der Waals surface area contributed by atoms with E-state index in [1.54, 1.807) is 6.92 Å². The van der Waals surface area contributed by atoms with E-state index < -0.39 is 67.3 Å². The molecule has 0 radical (unpaired) electrons. The number of nitrogens with zero attached hydrogens (tertiary/aromatic N) is 3. The van der Waals surface area contributed by atoms with Gasteiger partial charge in [-0.1, -0.05) is 33.8 Å². The van der Waals surface area contributed by atoms with Gasteiger partial charge < -0.3 is 14.6 Å². The SMILES string of the molecule is CC.CCC1=C([N+](=O)[O-])C2C(=O)c3c(O)ccc([N+](=O)[O-])c3C(=O)C2C(O)=C1.CCc1nc2cc(C)ccc2o1. The van der Waals surface area contributed by atoms with Gasteiger partial charge in [-0.15, -0.1) is 0 Å². The van der Waals surface area contributed by atoms with Crippen LogP contribution in [-0.4, -0.2) is 36.6 Å². The van der Waals surface area contributed by atoms with Crippen molar-refractivity contribution in [2.45, 2.75) is 47.5 Å². The molecule has 210 valence electrons. The number of carbonyl (C=O) groups is 2. The van der Waals surface area contributed by atoms with Crippen molar-refractivity contribution >= 4 is 28.4 Å². The van der Waals surface area contributed by atoms with Crippen molar-refractivity contribution in [2.24, 2.45) is 11.8 Å². The predicted octanol–water partition coefficient (Wildman–Crippen LogP) is 6.03. The van der Waals surface area contributed by atoms with Crippen LogP contribution in [0, 0.1) is 39.0 Å². The predicted molar refractivity (Wildman–Crippen MR) is 145 cm³/mol. The number of aliphatic hydroxyl groups excluding tert-OH is 1. The number of benzene rings is 2. The third-order valence-corrected chi connectivity index (χ3v) is 6.48. The van der Waals surface area contributed by atoms with Crippen LogP contribution in [0.25, 0.3) is 11.1 Å². The number of nitro groups is 2. The van der Waals surface area contributed by atoms with Crippen molar-refractivity contribution in [1.82, 2.24) is 4.98 Å². The van der Waals surface area contributed by atoms with E-state index in [0.717, 1.165) is 41.6 Å². The molecule has 0 saturated carbocycles. The molecule has 2 N–H and O–H groups in total. The van der Waals surface area contributed by atoms with Gasteiger partial charge in [-0.2, -0.15) is 0 Å². The van der Waals surface area contributed by atoms with Crippen molar-refractivity contribution in [3.63, 3.8) is 0 Å². The number of aromatic nitrogens is 1. The molecule has 40 heavy (non-hydrogen) atoms. The van der Waals surface area contributed by atoms with E-state index in [2.05, 4.69) is 11.9 Å². The molecule has 3 aromatic rings. The summed E-state index contributed by atoms with van der Waals surface area (Å²) in [4.78, 5) is 51.1. The van der Waals surface area contributed by atoms with Crippen LogP contribution in [0.3, 0.4) is 0 Å². The number of allylic oxidation sites excluding steroid dienone is 4. The summed E-state index contributed by atoms with van der Waals surface area (Å²) in [6, 6.07) is 7.80. The first-order chi connectivity index (χ1) is 19.0. The smallest absolute Gasteiger partial charge is 0.281 e. The number of phenolic OH excluding ortho intramolecular Hbond substituents is 1. The van der Waals surface area contributed by atoms with E-state index in [1.165, 1.54) is 5.56 Å². The molecule has 12 nitrogen and oxygen atoms in total. The number of carbonyl (C=O) groups excluding carboxylic acids is 2. The molecular formula is C28H29N3O9. The molecule has 12 heteroatoms. The van der Waals surface area contributed by atoms with Crippen LogP contribution < -0.4 is 0 Å². The highest BCUT2D eigenvalue weighted by Gasteiger charge is 2.55. The van der Waals surface area contributed by atoms with Crippen LogP contribution in [0.4, 0.5) is 5.69 Å². The standard InChI is InChI=1S/C16H12N2O8.C10H11NO.C2H6/c1-2-6-5-9(20)12-13(14(6)18(25)26)16(22)11-8(19)4-3-7(17(23)24)10(11)15(12)21;1-3-10-11-8-6-7(2)4-5-9(8)12-10;1-2/h3-5,12-13,19-20H,2H2,1H3;4-6H,3H2,1-2H3;1-2H3. The second kappa shape index (κ2) is 11.9. The number of aliphatic hydroxyl groups is 1. The number of nitro benzene ring substituents is 1. The van der Waals surface area contributed by atoms with Gasteiger partial charge in [0.2, 0.25) is 0 Å².